The van der Waals surface area contributed by atoms with Crippen LogP contribution in [0.15, 0.2) is 28.7 Å². The van der Waals surface area contributed by atoms with E-state index < -0.39 is 0 Å². The van der Waals surface area contributed by atoms with Gasteiger partial charge in [-0.15, -0.1) is 16.7 Å². The standard InChI is InChI=1S/C12H13Cl2N3O/c13-7-3-6-11-16-17-12(18-11)15-8-9-4-1-2-5-10(9)14/h1-2,4-5H,3,6-8H2,(H,15,17). The zero-order valence-electron chi connectivity index (χ0n) is 9.70. The first-order valence-electron chi connectivity index (χ1n) is 5.65. The Labute approximate surface area is 115 Å². The maximum Gasteiger partial charge on any atom is 0.315 e. The highest BCUT2D eigenvalue weighted by atomic mass is 35.5. The molecule has 0 fully saturated rings. The summed E-state index contributed by atoms with van der Waals surface area (Å²) < 4.78 is 5.41. The Kier molecular flexibility index (Phi) is 4.84. The molecule has 0 saturated heterocycles. The van der Waals surface area contributed by atoms with Crippen LogP contribution in [0.1, 0.15) is 17.9 Å². The smallest absolute Gasteiger partial charge is 0.315 e. The van der Waals surface area contributed by atoms with Crippen LogP contribution in [-0.2, 0) is 13.0 Å². The third kappa shape index (κ3) is 3.62. The van der Waals surface area contributed by atoms with E-state index in [-0.39, 0.29) is 0 Å². The van der Waals surface area contributed by atoms with Crippen LogP contribution in [0, 0.1) is 0 Å². The summed E-state index contributed by atoms with van der Waals surface area (Å²) in [6, 6.07) is 8.02. The molecule has 1 heterocycles. The summed E-state index contributed by atoms with van der Waals surface area (Å²) in [5.74, 6) is 1.18. The van der Waals surface area contributed by atoms with Crippen LogP contribution in [-0.4, -0.2) is 16.1 Å². The number of halogens is 2. The molecule has 0 saturated carbocycles. The Morgan fingerprint density at radius 3 is 2.83 bits per heavy atom. The number of benzene rings is 1. The fraction of sp³-hybridized carbons (Fsp3) is 0.333. The number of hydrogen-bond acceptors (Lipinski definition) is 4. The fourth-order valence-electron chi connectivity index (χ4n) is 1.46. The summed E-state index contributed by atoms with van der Waals surface area (Å²) >= 11 is 11.6. The largest absolute Gasteiger partial charge is 0.408 e. The van der Waals surface area contributed by atoms with Crippen molar-refractivity contribution in [1.82, 2.24) is 10.2 Å². The summed E-state index contributed by atoms with van der Waals surface area (Å²) in [5.41, 5.74) is 0.986. The SMILES string of the molecule is ClCCCc1nnc(NCc2ccccc2Cl)o1. The average molecular weight is 286 g/mol. The van der Waals surface area contributed by atoms with Gasteiger partial charge in [-0.05, 0) is 18.1 Å². The van der Waals surface area contributed by atoms with Gasteiger partial charge >= 0.3 is 6.01 Å². The van der Waals surface area contributed by atoms with E-state index in [4.69, 9.17) is 27.6 Å². The minimum Gasteiger partial charge on any atom is -0.408 e. The normalized spacial score (nSPS) is 10.6. The van der Waals surface area contributed by atoms with Crippen molar-refractivity contribution in [3.63, 3.8) is 0 Å². The molecule has 0 radical (unpaired) electrons. The molecule has 6 heteroatoms. The number of aryl methyl sites for hydroxylation is 1. The molecule has 0 spiro atoms. The van der Waals surface area contributed by atoms with Crippen LogP contribution in [0.25, 0.3) is 0 Å². The van der Waals surface area contributed by atoms with Crippen molar-refractivity contribution in [3.05, 3.63) is 40.7 Å². The lowest BCUT2D eigenvalue weighted by Gasteiger charge is -2.03. The first-order chi connectivity index (χ1) is 8.79. The topological polar surface area (TPSA) is 51.0 Å². The molecule has 4 nitrogen and oxygen atoms in total. The molecule has 1 aromatic heterocycles. The Morgan fingerprint density at radius 1 is 1.22 bits per heavy atom. The number of anilines is 1. The van der Waals surface area contributed by atoms with Crippen LogP contribution in [0.2, 0.25) is 5.02 Å². The summed E-state index contributed by atoms with van der Waals surface area (Å²) in [6.07, 6.45) is 1.53. The van der Waals surface area contributed by atoms with Gasteiger partial charge in [0, 0.05) is 23.9 Å². The maximum absolute atomic E-state index is 6.04. The van der Waals surface area contributed by atoms with Crippen LogP contribution in [0.3, 0.4) is 0 Å². The molecule has 0 amide bonds. The van der Waals surface area contributed by atoms with Gasteiger partial charge in [-0.1, -0.05) is 34.9 Å². The zero-order chi connectivity index (χ0) is 12.8. The van der Waals surface area contributed by atoms with E-state index >= 15 is 0 Å². The van der Waals surface area contributed by atoms with Gasteiger partial charge in [0.2, 0.25) is 5.89 Å². The van der Waals surface area contributed by atoms with Gasteiger partial charge in [0.05, 0.1) is 0 Å². The molecule has 0 unspecified atom stereocenters. The predicted octanol–water partition coefficient (Wildman–Crippen LogP) is 3.51. The molecule has 0 aliphatic carbocycles. The molecule has 0 aliphatic heterocycles. The Bertz CT molecular complexity index is 502. The minimum absolute atomic E-state index is 0.402. The lowest BCUT2D eigenvalue weighted by molar-refractivity contribution is 0.501. The van der Waals surface area contributed by atoms with E-state index in [2.05, 4.69) is 15.5 Å². The van der Waals surface area contributed by atoms with Crippen molar-refractivity contribution in [1.29, 1.82) is 0 Å². The molecule has 18 heavy (non-hydrogen) atoms. The van der Waals surface area contributed by atoms with E-state index in [1.165, 1.54) is 0 Å². The first kappa shape index (κ1) is 13.2. The van der Waals surface area contributed by atoms with Gasteiger partial charge in [0.15, 0.2) is 0 Å². The Balaban J connectivity index is 1.90. The number of aromatic nitrogens is 2. The Morgan fingerprint density at radius 2 is 2.06 bits per heavy atom. The molecule has 2 aromatic rings. The van der Waals surface area contributed by atoms with Gasteiger partial charge in [-0.3, -0.25) is 0 Å². The second kappa shape index (κ2) is 6.61. The van der Waals surface area contributed by atoms with Crippen LogP contribution in [0.5, 0.6) is 0 Å². The van der Waals surface area contributed by atoms with E-state index in [9.17, 15) is 0 Å². The van der Waals surface area contributed by atoms with Crippen molar-refractivity contribution in [2.24, 2.45) is 0 Å². The lowest BCUT2D eigenvalue weighted by atomic mass is 10.2. The molecule has 0 atom stereocenters. The summed E-state index contributed by atoms with van der Waals surface area (Å²) in [5, 5.41) is 11.6. The number of nitrogens with one attached hydrogen (secondary N) is 1. The summed E-state index contributed by atoms with van der Waals surface area (Å²) in [4.78, 5) is 0. The fourth-order valence-corrected chi connectivity index (χ4v) is 1.79. The zero-order valence-corrected chi connectivity index (χ0v) is 11.2. The third-order valence-electron chi connectivity index (χ3n) is 2.38. The predicted molar refractivity (Wildman–Crippen MR) is 72.1 cm³/mol. The van der Waals surface area contributed by atoms with Gasteiger partial charge < -0.3 is 9.73 Å². The average Bonchev–Trinajstić information content (AvgIpc) is 2.83. The minimum atomic E-state index is 0.402. The van der Waals surface area contributed by atoms with E-state index in [1.54, 1.807) is 0 Å². The summed E-state index contributed by atoms with van der Waals surface area (Å²) in [7, 11) is 0. The molecule has 0 aliphatic rings. The number of alkyl halides is 1. The van der Waals surface area contributed by atoms with Gasteiger partial charge in [0.1, 0.15) is 0 Å². The molecule has 96 valence electrons. The van der Waals surface area contributed by atoms with Crippen molar-refractivity contribution in [3.8, 4) is 0 Å². The van der Waals surface area contributed by atoms with Crippen molar-refractivity contribution in [2.75, 3.05) is 11.2 Å². The highest BCUT2D eigenvalue weighted by Gasteiger charge is 2.06. The number of hydrogen-bond donors (Lipinski definition) is 1. The van der Waals surface area contributed by atoms with Gasteiger partial charge in [-0.25, -0.2) is 0 Å². The molecule has 1 N–H and O–H groups in total. The molecule has 0 bridgehead atoms. The molecular weight excluding hydrogens is 273 g/mol. The van der Waals surface area contributed by atoms with Crippen molar-refractivity contribution < 1.29 is 4.42 Å². The first-order valence-corrected chi connectivity index (χ1v) is 6.56. The summed E-state index contributed by atoms with van der Waals surface area (Å²) in [6.45, 7) is 0.552. The van der Waals surface area contributed by atoms with E-state index in [0.717, 1.165) is 12.0 Å². The van der Waals surface area contributed by atoms with Crippen LogP contribution in [0.4, 0.5) is 6.01 Å². The number of nitrogens with zero attached hydrogens (tertiary/aromatic N) is 2. The van der Waals surface area contributed by atoms with Crippen molar-refractivity contribution in [2.45, 2.75) is 19.4 Å². The maximum atomic E-state index is 6.04. The highest BCUT2D eigenvalue weighted by molar-refractivity contribution is 6.31. The third-order valence-corrected chi connectivity index (χ3v) is 3.02. The quantitative estimate of drug-likeness (QED) is 0.826. The van der Waals surface area contributed by atoms with Gasteiger partial charge in [-0.2, -0.15) is 0 Å². The monoisotopic (exact) mass is 285 g/mol. The lowest BCUT2D eigenvalue weighted by Crippen LogP contribution is -2.00. The molecule has 1 aromatic carbocycles. The molecular formula is C12H13Cl2N3O. The van der Waals surface area contributed by atoms with Crippen molar-refractivity contribution >= 4 is 29.2 Å². The van der Waals surface area contributed by atoms with Gasteiger partial charge in [0.25, 0.3) is 0 Å². The van der Waals surface area contributed by atoms with E-state index in [0.29, 0.717) is 35.8 Å². The number of rotatable bonds is 6. The molecule has 2 rings (SSSR count). The van der Waals surface area contributed by atoms with Crippen LogP contribution >= 0.6 is 23.2 Å². The second-order valence-corrected chi connectivity index (χ2v) is 4.52. The second-order valence-electron chi connectivity index (χ2n) is 3.74. The van der Waals surface area contributed by atoms with Crippen LogP contribution < -0.4 is 5.32 Å². The highest BCUT2D eigenvalue weighted by Crippen LogP contribution is 2.16. The van der Waals surface area contributed by atoms with E-state index in [1.807, 2.05) is 24.3 Å². The Hall–Kier alpha value is -1.26.